The van der Waals surface area contributed by atoms with Crippen LogP contribution in [0.3, 0.4) is 0 Å². The number of nitrogen functional groups attached to an aromatic ring is 1. The minimum atomic E-state index is 0.773. The lowest BCUT2D eigenvalue weighted by molar-refractivity contribution is 0.771. The summed E-state index contributed by atoms with van der Waals surface area (Å²) in [5.41, 5.74) is 2.50. The molecule has 0 atom stereocenters. The number of nitrogens with two attached hydrogens (primary N) is 1. The summed E-state index contributed by atoms with van der Waals surface area (Å²) in [7, 11) is 1.81. The summed E-state index contributed by atoms with van der Waals surface area (Å²) in [6, 6.07) is 0. The van der Waals surface area contributed by atoms with Gasteiger partial charge in [0, 0.05) is 7.05 Å². The molecule has 0 aliphatic heterocycles. The van der Waals surface area contributed by atoms with Crippen molar-refractivity contribution >= 4 is 21.7 Å². The van der Waals surface area contributed by atoms with Gasteiger partial charge in [-0.2, -0.15) is 5.10 Å². The smallest absolute Gasteiger partial charge is 0.152 e. The molecule has 1 heterocycles. The van der Waals surface area contributed by atoms with Gasteiger partial charge in [0.25, 0.3) is 0 Å². The first-order valence-corrected chi connectivity index (χ1v) is 3.19. The molecule has 0 unspecified atom stereocenters. The number of anilines is 1. The van der Waals surface area contributed by atoms with E-state index in [1.807, 2.05) is 0 Å². The maximum Gasteiger partial charge on any atom is 0.152 e. The van der Waals surface area contributed by atoms with E-state index < -0.39 is 0 Å². The van der Waals surface area contributed by atoms with E-state index in [0.717, 1.165) is 10.3 Å². The molecule has 3 N–H and O–H groups in total. The zero-order valence-corrected chi connectivity index (χ0v) is 6.51. The van der Waals surface area contributed by atoms with E-state index in [0.29, 0.717) is 0 Å². The van der Waals surface area contributed by atoms with Crippen molar-refractivity contribution in [1.82, 2.24) is 9.78 Å². The van der Waals surface area contributed by atoms with Crippen LogP contribution in [0.1, 0.15) is 0 Å². The molecule has 1 aromatic rings. The van der Waals surface area contributed by atoms with Gasteiger partial charge in [-0.05, 0) is 15.9 Å². The highest BCUT2D eigenvalue weighted by Crippen LogP contribution is 2.18. The predicted octanol–water partition coefficient (Wildman–Crippen LogP) is 0.468. The van der Waals surface area contributed by atoms with Crippen LogP contribution in [0.15, 0.2) is 10.7 Å². The minimum absolute atomic E-state index is 0.773. The number of halogens is 1. The Morgan fingerprint density at radius 2 is 2.56 bits per heavy atom. The van der Waals surface area contributed by atoms with Crippen LogP contribution in [-0.4, -0.2) is 9.78 Å². The Balaban J connectivity index is 3.07. The first kappa shape index (κ1) is 6.57. The highest BCUT2D eigenvalue weighted by Gasteiger charge is 2.00. The van der Waals surface area contributed by atoms with Gasteiger partial charge in [-0.25, -0.2) is 5.84 Å². The van der Waals surface area contributed by atoms with Crippen LogP contribution < -0.4 is 11.3 Å². The SMILES string of the molecule is Cn1ncc(Br)c1NN. The molecule has 0 saturated heterocycles. The van der Waals surface area contributed by atoms with Gasteiger partial charge in [0.15, 0.2) is 5.82 Å². The number of aryl methyl sites for hydroxylation is 1. The fourth-order valence-electron chi connectivity index (χ4n) is 0.573. The molecule has 0 aliphatic carbocycles. The van der Waals surface area contributed by atoms with Crippen molar-refractivity contribution in [3.05, 3.63) is 10.7 Å². The van der Waals surface area contributed by atoms with Crippen LogP contribution in [0.25, 0.3) is 0 Å². The summed E-state index contributed by atoms with van der Waals surface area (Å²) in [5.74, 6) is 5.93. The highest BCUT2D eigenvalue weighted by molar-refractivity contribution is 9.10. The van der Waals surface area contributed by atoms with E-state index in [2.05, 4.69) is 26.5 Å². The zero-order chi connectivity index (χ0) is 6.85. The summed E-state index contributed by atoms with van der Waals surface area (Å²) >= 11 is 3.25. The molecule has 0 bridgehead atoms. The van der Waals surface area contributed by atoms with Gasteiger partial charge < -0.3 is 5.43 Å². The second-order valence-electron chi connectivity index (χ2n) is 1.61. The molecule has 0 aliphatic rings. The molecule has 0 amide bonds. The van der Waals surface area contributed by atoms with E-state index >= 15 is 0 Å². The van der Waals surface area contributed by atoms with Gasteiger partial charge in [-0.1, -0.05) is 0 Å². The maximum absolute atomic E-state index is 5.16. The molecule has 4 nitrogen and oxygen atoms in total. The Bertz CT molecular complexity index is 187. The summed E-state index contributed by atoms with van der Waals surface area (Å²) in [6.45, 7) is 0. The lowest BCUT2D eigenvalue weighted by Crippen LogP contribution is -2.11. The molecule has 0 saturated carbocycles. The third-order valence-electron chi connectivity index (χ3n) is 1.03. The molecule has 0 aromatic carbocycles. The first-order valence-electron chi connectivity index (χ1n) is 2.40. The van der Waals surface area contributed by atoms with Crippen molar-refractivity contribution in [1.29, 1.82) is 0 Å². The average Bonchev–Trinajstić information content (AvgIpc) is 2.12. The molecule has 1 rings (SSSR count). The van der Waals surface area contributed by atoms with Gasteiger partial charge >= 0.3 is 0 Å². The monoisotopic (exact) mass is 190 g/mol. The van der Waals surface area contributed by atoms with Crippen molar-refractivity contribution < 1.29 is 0 Å². The minimum Gasteiger partial charge on any atom is -0.308 e. The molecular formula is C4H7BrN4. The normalized spacial score (nSPS) is 9.67. The van der Waals surface area contributed by atoms with Gasteiger partial charge in [-0.15, -0.1) is 0 Å². The number of rotatable bonds is 1. The predicted molar refractivity (Wildman–Crippen MR) is 38.7 cm³/mol. The van der Waals surface area contributed by atoms with E-state index in [1.165, 1.54) is 0 Å². The van der Waals surface area contributed by atoms with E-state index in [4.69, 9.17) is 5.84 Å². The van der Waals surface area contributed by atoms with Crippen LogP contribution in [0.2, 0.25) is 0 Å². The summed E-state index contributed by atoms with van der Waals surface area (Å²) in [4.78, 5) is 0. The van der Waals surface area contributed by atoms with Crippen molar-refractivity contribution in [3.63, 3.8) is 0 Å². The van der Waals surface area contributed by atoms with Gasteiger partial charge in [-0.3, -0.25) is 4.68 Å². The number of hydrogen-bond acceptors (Lipinski definition) is 3. The van der Waals surface area contributed by atoms with Crippen molar-refractivity contribution in [2.45, 2.75) is 0 Å². The quantitative estimate of drug-likeness (QED) is 0.501. The van der Waals surface area contributed by atoms with Crippen LogP contribution in [0, 0.1) is 0 Å². The third kappa shape index (κ3) is 1.06. The highest BCUT2D eigenvalue weighted by atomic mass is 79.9. The Kier molecular flexibility index (Phi) is 1.73. The number of aromatic nitrogens is 2. The molecule has 0 spiro atoms. The summed E-state index contributed by atoms with van der Waals surface area (Å²) in [6.07, 6.45) is 1.68. The average molecular weight is 191 g/mol. The first-order chi connectivity index (χ1) is 4.25. The summed E-state index contributed by atoms with van der Waals surface area (Å²) in [5, 5.41) is 3.91. The summed E-state index contributed by atoms with van der Waals surface area (Å²) < 4.78 is 2.51. The Morgan fingerprint density at radius 3 is 2.78 bits per heavy atom. The van der Waals surface area contributed by atoms with Crippen molar-refractivity contribution in [3.8, 4) is 0 Å². The molecule has 0 fully saturated rings. The lowest BCUT2D eigenvalue weighted by Gasteiger charge is -1.98. The Labute approximate surface area is 61.1 Å². The second-order valence-corrected chi connectivity index (χ2v) is 2.46. The van der Waals surface area contributed by atoms with Gasteiger partial charge in [0.1, 0.15) is 0 Å². The largest absolute Gasteiger partial charge is 0.308 e. The van der Waals surface area contributed by atoms with Crippen LogP contribution >= 0.6 is 15.9 Å². The number of nitrogens with zero attached hydrogens (tertiary/aromatic N) is 2. The van der Waals surface area contributed by atoms with E-state index in [-0.39, 0.29) is 0 Å². The molecular weight excluding hydrogens is 184 g/mol. The van der Waals surface area contributed by atoms with Crippen LogP contribution in [-0.2, 0) is 7.05 Å². The number of hydrazine groups is 1. The molecule has 0 radical (unpaired) electrons. The molecule has 50 valence electrons. The maximum atomic E-state index is 5.16. The van der Waals surface area contributed by atoms with Crippen LogP contribution in [0.4, 0.5) is 5.82 Å². The second kappa shape index (κ2) is 2.36. The van der Waals surface area contributed by atoms with Crippen molar-refractivity contribution in [2.24, 2.45) is 12.9 Å². The fraction of sp³-hybridized carbons (Fsp3) is 0.250. The van der Waals surface area contributed by atoms with E-state index in [9.17, 15) is 0 Å². The lowest BCUT2D eigenvalue weighted by atomic mass is 10.6. The van der Waals surface area contributed by atoms with Gasteiger partial charge in [0.2, 0.25) is 0 Å². The number of hydrogen-bond donors (Lipinski definition) is 2. The number of nitrogens with one attached hydrogen (secondary N) is 1. The zero-order valence-electron chi connectivity index (χ0n) is 4.93. The van der Waals surface area contributed by atoms with E-state index in [1.54, 1.807) is 17.9 Å². The molecule has 1 aromatic heterocycles. The Morgan fingerprint density at radius 1 is 1.89 bits per heavy atom. The fourth-order valence-corrected chi connectivity index (χ4v) is 1.04. The molecule has 9 heavy (non-hydrogen) atoms. The third-order valence-corrected chi connectivity index (χ3v) is 1.61. The van der Waals surface area contributed by atoms with Gasteiger partial charge in [0.05, 0.1) is 10.7 Å². The standard InChI is InChI=1S/C4H7BrN4/c1-9-4(8-6)3(5)2-7-9/h2,8H,6H2,1H3. The topological polar surface area (TPSA) is 55.9 Å². The molecule has 5 heteroatoms. The Hall–Kier alpha value is -0.550. The van der Waals surface area contributed by atoms with Crippen LogP contribution in [0.5, 0.6) is 0 Å². The van der Waals surface area contributed by atoms with Crippen molar-refractivity contribution in [2.75, 3.05) is 5.43 Å².